The molecule has 1 unspecified atom stereocenters. The molecule has 31 heavy (non-hydrogen) atoms. The predicted octanol–water partition coefficient (Wildman–Crippen LogP) is 6.26. The fraction of sp³-hybridized carbons (Fsp3) is 0.786. The number of aliphatic hydroxyl groups is 2. The van der Waals surface area contributed by atoms with Crippen molar-refractivity contribution < 1.29 is 10.2 Å². The Balaban J connectivity index is 1.37. The molecule has 1 heterocycles. The van der Waals surface area contributed by atoms with Gasteiger partial charge in [-0.2, -0.15) is 0 Å². The van der Waals surface area contributed by atoms with Gasteiger partial charge in [-0.05, 0) is 104 Å². The highest BCUT2D eigenvalue weighted by Crippen LogP contribution is 2.68. The molecule has 4 aliphatic rings. The quantitative estimate of drug-likeness (QED) is 0.533. The molecule has 2 N–H and O–H groups in total. The van der Waals surface area contributed by atoms with Crippen molar-refractivity contribution in [2.45, 2.75) is 96.7 Å². The van der Waals surface area contributed by atoms with Gasteiger partial charge in [0.2, 0.25) is 0 Å². The van der Waals surface area contributed by atoms with E-state index < -0.39 is 5.60 Å². The molecule has 0 amide bonds. The minimum Gasteiger partial charge on any atom is -0.393 e. The molecular weight excluding hydrogens is 400 g/mol. The van der Waals surface area contributed by atoms with Crippen LogP contribution in [0.3, 0.4) is 0 Å². The van der Waals surface area contributed by atoms with Crippen LogP contribution in [0.15, 0.2) is 17.5 Å². The molecule has 5 rings (SSSR count). The summed E-state index contributed by atoms with van der Waals surface area (Å²) < 4.78 is 0. The van der Waals surface area contributed by atoms with Gasteiger partial charge in [0, 0.05) is 6.42 Å². The molecule has 0 bridgehead atoms. The van der Waals surface area contributed by atoms with Gasteiger partial charge >= 0.3 is 0 Å². The van der Waals surface area contributed by atoms with E-state index in [4.69, 9.17) is 0 Å². The second-order valence-electron chi connectivity index (χ2n) is 12.0. The zero-order chi connectivity index (χ0) is 21.9. The first kappa shape index (κ1) is 22.0. The lowest BCUT2D eigenvalue weighted by Gasteiger charge is -2.62. The van der Waals surface area contributed by atoms with E-state index in [1.165, 1.54) is 44.9 Å². The summed E-state index contributed by atoms with van der Waals surface area (Å²) in [6.07, 6.45) is 11.4. The van der Waals surface area contributed by atoms with E-state index in [0.717, 1.165) is 23.6 Å². The normalized spacial score (nSPS) is 46.1. The maximum Gasteiger partial charge on any atom is 0.0768 e. The number of aliphatic hydroxyl groups excluding tert-OH is 1. The Kier molecular flexibility index (Phi) is 5.60. The summed E-state index contributed by atoms with van der Waals surface area (Å²) in [6, 6.07) is 4.08. The number of rotatable bonds is 2. The minimum absolute atomic E-state index is 0.120. The Labute approximate surface area is 192 Å². The minimum atomic E-state index is -0.745. The Hall–Kier alpha value is -0.820. The van der Waals surface area contributed by atoms with Gasteiger partial charge in [0.1, 0.15) is 0 Å². The average molecular weight is 441 g/mol. The van der Waals surface area contributed by atoms with Crippen molar-refractivity contribution in [3.8, 4) is 11.8 Å². The predicted molar refractivity (Wildman–Crippen MR) is 128 cm³/mol. The second kappa shape index (κ2) is 7.89. The SMILES string of the molecule is C[C@]12CCCC[C@@H]1[C@@H](O)CC1[C@@H]2CC[C@@]2(C)[C@H]1CC[C@@H]2[C@@](C)(O)CC#Cc1cccs1. The maximum absolute atomic E-state index is 11.6. The van der Waals surface area contributed by atoms with Gasteiger partial charge in [0.25, 0.3) is 0 Å². The molecule has 9 atom stereocenters. The molecule has 4 saturated carbocycles. The highest BCUT2D eigenvalue weighted by Gasteiger charge is 2.63. The molecule has 1 aromatic rings. The summed E-state index contributed by atoms with van der Waals surface area (Å²) in [6.45, 7) is 7.02. The van der Waals surface area contributed by atoms with Gasteiger partial charge in [-0.25, -0.2) is 0 Å². The van der Waals surface area contributed by atoms with Crippen molar-refractivity contribution in [2.24, 2.45) is 40.4 Å². The van der Waals surface area contributed by atoms with Crippen LogP contribution in [-0.4, -0.2) is 21.9 Å². The van der Waals surface area contributed by atoms with Crippen LogP contribution in [0.1, 0.15) is 89.9 Å². The Bertz CT molecular complexity index is 848. The molecule has 1 aromatic heterocycles. The monoisotopic (exact) mass is 440 g/mol. The van der Waals surface area contributed by atoms with Crippen molar-refractivity contribution in [1.82, 2.24) is 0 Å². The van der Waals surface area contributed by atoms with Gasteiger partial charge in [-0.3, -0.25) is 0 Å². The molecule has 3 heteroatoms. The number of thiophene rings is 1. The summed E-state index contributed by atoms with van der Waals surface area (Å²) in [5.41, 5.74) is -0.243. The molecule has 0 aromatic carbocycles. The first-order valence-electron chi connectivity index (χ1n) is 12.7. The van der Waals surface area contributed by atoms with E-state index in [2.05, 4.69) is 31.1 Å². The van der Waals surface area contributed by atoms with Crippen LogP contribution in [0.4, 0.5) is 0 Å². The highest BCUT2D eigenvalue weighted by atomic mass is 32.1. The van der Waals surface area contributed by atoms with Crippen LogP contribution in [0.2, 0.25) is 0 Å². The van der Waals surface area contributed by atoms with Gasteiger partial charge in [0.05, 0.1) is 16.6 Å². The van der Waals surface area contributed by atoms with Crippen molar-refractivity contribution in [1.29, 1.82) is 0 Å². The molecule has 0 saturated heterocycles. The third-order valence-electron chi connectivity index (χ3n) is 10.5. The second-order valence-corrected chi connectivity index (χ2v) is 13.0. The molecule has 2 nitrogen and oxygen atoms in total. The maximum atomic E-state index is 11.6. The zero-order valence-corrected chi connectivity index (χ0v) is 20.4. The fourth-order valence-corrected chi connectivity index (χ4v) is 9.75. The van der Waals surface area contributed by atoms with Crippen molar-refractivity contribution in [3.05, 3.63) is 22.4 Å². The van der Waals surface area contributed by atoms with E-state index >= 15 is 0 Å². The largest absolute Gasteiger partial charge is 0.393 e. The van der Waals surface area contributed by atoms with Gasteiger partial charge in [-0.1, -0.05) is 44.6 Å². The van der Waals surface area contributed by atoms with Crippen molar-refractivity contribution >= 4 is 11.3 Å². The third kappa shape index (κ3) is 3.53. The Morgan fingerprint density at radius 3 is 2.65 bits per heavy atom. The van der Waals surface area contributed by atoms with Gasteiger partial charge in [-0.15, -0.1) is 11.3 Å². The van der Waals surface area contributed by atoms with Crippen LogP contribution in [-0.2, 0) is 0 Å². The third-order valence-corrected chi connectivity index (χ3v) is 11.3. The van der Waals surface area contributed by atoms with Gasteiger partial charge in [0.15, 0.2) is 0 Å². The van der Waals surface area contributed by atoms with Crippen LogP contribution in [0, 0.1) is 52.3 Å². The lowest BCUT2D eigenvalue weighted by Crippen LogP contribution is -2.58. The number of hydrogen-bond acceptors (Lipinski definition) is 3. The number of hydrogen-bond donors (Lipinski definition) is 2. The lowest BCUT2D eigenvalue weighted by molar-refractivity contribution is -0.167. The van der Waals surface area contributed by atoms with Crippen LogP contribution < -0.4 is 0 Å². The van der Waals surface area contributed by atoms with Gasteiger partial charge < -0.3 is 10.2 Å². The molecule has 0 spiro atoms. The summed E-state index contributed by atoms with van der Waals surface area (Å²) in [7, 11) is 0. The Morgan fingerprint density at radius 1 is 1.06 bits per heavy atom. The molecule has 4 fully saturated rings. The number of fused-ring (bicyclic) bond motifs is 5. The zero-order valence-electron chi connectivity index (χ0n) is 19.6. The summed E-state index contributed by atoms with van der Waals surface area (Å²) in [4.78, 5) is 1.08. The molecule has 0 aliphatic heterocycles. The summed E-state index contributed by atoms with van der Waals surface area (Å²) >= 11 is 1.67. The Morgan fingerprint density at radius 2 is 1.87 bits per heavy atom. The molecule has 4 aliphatic carbocycles. The highest BCUT2D eigenvalue weighted by molar-refractivity contribution is 7.10. The molecule has 0 radical (unpaired) electrons. The first-order valence-corrected chi connectivity index (χ1v) is 13.6. The van der Waals surface area contributed by atoms with E-state index in [9.17, 15) is 10.2 Å². The van der Waals surface area contributed by atoms with E-state index in [-0.39, 0.29) is 11.5 Å². The molecule has 170 valence electrons. The lowest BCUT2D eigenvalue weighted by atomic mass is 9.44. The summed E-state index contributed by atoms with van der Waals surface area (Å²) in [5.74, 6) is 9.40. The molecular formula is C28H40O2S. The van der Waals surface area contributed by atoms with E-state index in [0.29, 0.717) is 35.5 Å². The van der Waals surface area contributed by atoms with E-state index in [1.54, 1.807) is 11.3 Å². The van der Waals surface area contributed by atoms with Crippen LogP contribution in [0.5, 0.6) is 0 Å². The standard InChI is InChI=1S/C28H40O2S/c1-26-14-5-4-10-23(26)24(29)18-20-21-11-12-25(27(21,2)16-13-22(20)26)28(3,30)15-6-8-19-9-7-17-31-19/h7,9,17,20-25,29-30H,4-5,10-16,18H2,1-3H3/t20?,21-,22-,23+,24-,25-,26+,27-,28-/m0/s1. The van der Waals surface area contributed by atoms with E-state index in [1.807, 2.05) is 19.1 Å². The smallest absolute Gasteiger partial charge is 0.0768 e. The average Bonchev–Trinajstić information content (AvgIpc) is 3.35. The van der Waals surface area contributed by atoms with Crippen molar-refractivity contribution in [2.75, 3.05) is 0 Å². The van der Waals surface area contributed by atoms with Crippen LogP contribution in [0.25, 0.3) is 0 Å². The first-order chi connectivity index (χ1) is 14.8. The summed E-state index contributed by atoms with van der Waals surface area (Å²) in [5, 5.41) is 24.8. The fourth-order valence-electron chi connectivity index (χ4n) is 9.16. The van der Waals surface area contributed by atoms with Crippen LogP contribution >= 0.6 is 11.3 Å². The van der Waals surface area contributed by atoms with Crippen molar-refractivity contribution in [3.63, 3.8) is 0 Å². The topological polar surface area (TPSA) is 40.5 Å².